The van der Waals surface area contributed by atoms with Crippen LogP contribution in [0.2, 0.25) is 0 Å². The third-order valence-electron chi connectivity index (χ3n) is 4.10. The van der Waals surface area contributed by atoms with Crippen LogP contribution >= 0.6 is 11.3 Å². The Morgan fingerprint density at radius 1 is 1.33 bits per heavy atom. The molecule has 3 heterocycles. The van der Waals surface area contributed by atoms with Crippen LogP contribution in [0.1, 0.15) is 41.3 Å². The van der Waals surface area contributed by atoms with E-state index in [1.54, 1.807) is 25.3 Å². The fraction of sp³-hybridized carbons (Fsp3) is 0.471. The molecule has 0 saturated heterocycles. The molecule has 27 heavy (non-hydrogen) atoms. The minimum atomic E-state index is -0.738. The number of nitrogens with one attached hydrogen (secondary N) is 2. The monoisotopic (exact) mass is 392 g/mol. The Morgan fingerprint density at radius 3 is 2.78 bits per heavy atom. The molecule has 0 unspecified atom stereocenters. The highest BCUT2D eigenvalue weighted by atomic mass is 32.1. The molecule has 0 aromatic carbocycles. The molecule has 2 aromatic rings. The van der Waals surface area contributed by atoms with Gasteiger partial charge in [0.1, 0.15) is 15.5 Å². The summed E-state index contributed by atoms with van der Waals surface area (Å²) in [5.74, 6) is -0.735. The molecule has 10 heteroatoms. The first-order valence-electron chi connectivity index (χ1n) is 8.58. The number of aryl methyl sites for hydroxylation is 2. The maximum Gasteiger partial charge on any atom is 0.349 e. The molecule has 0 atom stereocenters. The van der Waals surface area contributed by atoms with Crippen molar-refractivity contribution >= 4 is 39.5 Å². The van der Waals surface area contributed by atoms with Gasteiger partial charge in [-0.1, -0.05) is 0 Å². The molecule has 0 spiro atoms. The number of hydrogen-bond acceptors (Lipinski definition) is 7. The van der Waals surface area contributed by atoms with Crippen molar-refractivity contribution < 1.29 is 19.1 Å². The summed E-state index contributed by atoms with van der Waals surface area (Å²) in [5, 5.41) is 4.98. The number of urea groups is 1. The zero-order chi connectivity index (χ0) is 19.7. The first-order valence-corrected chi connectivity index (χ1v) is 9.40. The SMILES string of the molecule is Cc1c(C(=O)OCC(=O)NC(=O)NC(C)C)sc2nc3n(c(=O)c12)CCC3. The van der Waals surface area contributed by atoms with Crippen molar-refractivity contribution in [3.8, 4) is 0 Å². The summed E-state index contributed by atoms with van der Waals surface area (Å²) in [6.07, 6.45) is 1.62. The van der Waals surface area contributed by atoms with Gasteiger partial charge in [-0.3, -0.25) is 19.5 Å². The number of imide groups is 1. The summed E-state index contributed by atoms with van der Waals surface area (Å²) in [4.78, 5) is 53.3. The molecular formula is C17H20N4O5S. The van der Waals surface area contributed by atoms with Crippen molar-refractivity contribution in [2.24, 2.45) is 0 Å². The minimum absolute atomic E-state index is 0.130. The van der Waals surface area contributed by atoms with Crippen LogP contribution in [0.5, 0.6) is 0 Å². The lowest BCUT2D eigenvalue weighted by Gasteiger charge is -2.09. The highest BCUT2D eigenvalue weighted by Crippen LogP contribution is 2.29. The van der Waals surface area contributed by atoms with Crippen LogP contribution in [-0.4, -0.2) is 40.1 Å². The van der Waals surface area contributed by atoms with E-state index in [2.05, 4.69) is 15.6 Å². The van der Waals surface area contributed by atoms with Crippen molar-refractivity contribution in [3.63, 3.8) is 0 Å². The molecule has 1 aliphatic heterocycles. The van der Waals surface area contributed by atoms with E-state index in [0.29, 0.717) is 22.3 Å². The maximum atomic E-state index is 12.6. The molecule has 3 rings (SSSR count). The van der Waals surface area contributed by atoms with Gasteiger partial charge in [-0.15, -0.1) is 11.3 Å². The predicted octanol–water partition coefficient (Wildman–Crippen LogP) is 1.10. The first-order chi connectivity index (χ1) is 12.8. The summed E-state index contributed by atoms with van der Waals surface area (Å²) in [6, 6.07) is -0.786. The van der Waals surface area contributed by atoms with Gasteiger partial charge in [-0.05, 0) is 32.8 Å². The second-order valence-electron chi connectivity index (χ2n) is 6.58. The van der Waals surface area contributed by atoms with E-state index >= 15 is 0 Å². The first kappa shape index (κ1) is 19.0. The average Bonchev–Trinajstić information content (AvgIpc) is 3.17. The number of esters is 1. The van der Waals surface area contributed by atoms with Crippen LogP contribution in [-0.2, 0) is 22.5 Å². The number of carbonyl (C=O) groups excluding carboxylic acids is 3. The summed E-state index contributed by atoms with van der Waals surface area (Å²) >= 11 is 1.08. The maximum absolute atomic E-state index is 12.6. The molecule has 2 N–H and O–H groups in total. The predicted molar refractivity (Wildman–Crippen MR) is 99.0 cm³/mol. The molecule has 0 aliphatic carbocycles. The van der Waals surface area contributed by atoms with Gasteiger partial charge < -0.3 is 10.1 Å². The molecule has 9 nitrogen and oxygen atoms in total. The molecule has 0 radical (unpaired) electrons. The standard InChI is InChI=1S/C17H20N4O5S/c1-8(2)18-17(25)20-11(22)7-26-16(24)13-9(3)12-14(27-13)19-10-5-4-6-21(10)15(12)23/h8H,4-7H2,1-3H3,(H2,18,20,22,25). The average molecular weight is 392 g/mol. The number of carbonyl (C=O) groups is 3. The summed E-state index contributed by atoms with van der Waals surface area (Å²) in [5.41, 5.74) is 0.348. The number of nitrogens with zero attached hydrogens (tertiary/aromatic N) is 2. The molecule has 144 valence electrons. The van der Waals surface area contributed by atoms with Crippen molar-refractivity contribution in [1.82, 2.24) is 20.2 Å². The van der Waals surface area contributed by atoms with Crippen molar-refractivity contribution in [1.29, 1.82) is 0 Å². The summed E-state index contributed by atoms with van der Waals surface area (Å²) in [7, 11) is 0. The van der Waals surface area contributed by atoms with E-state index in [0.717, 1.165) is 30.0 Å². The number of thiophene rings is 1. The van der Waals surface area contributed by atoms with Crippen LogP contribution in [0.3, 0.4) is 0 Å². The largest absolute Gasteiger partial charge is 0.451 e. The third kappa shape index (κ3) is 3.85. The minimum Gasteiger partial charge on any atom is -0.451 e. The van der Waals surface area contributed by atoms with E-state index in [-0.39, 0.29) is 16.5 Å². The topological polar surface area (TPSA) is 119 Å². The van der Waals surface area contributed by atoms with Crippen LogP contribution in [0, 0.1) is 6.92 Å². The molecule has 1 aliphatic rings. The van der Waals surface area contributed by atoms with Crippen LogP contribution in [0.25, 0.3) is 10.2 Å². The van der Waals surface area contributed by atoms with Crippen molar-refractivity contribution in [2.45, 2.75) is 46.2 Å². The Labute approximate surface area is 158 Å². The Morgan fingerprint density at radius 2 is 2.07 bits per heavy atom. The van der Waals surface area contributed by atoms with Gasteiger partial charge in [0.25, 0.3) is 11.5 Å². The lowest BCUT2D eigenvalue weighted by atomic mass is 10.2. The van der Waals surface area contributed by atoms with E-state index < -0.39 is 24.5 Å². The number of amides is 3. The van der Waals surface area contributed by atoms with Gasteiger partial charge >= 0.3 is 12.0 Å². The number of rotatable bonds is 4. The highest BCUT2D eigenvalue weighted by molar-refractivity contribution is 7.20. The van der Waals surface area contributed by atoms with E-state index in [9.17, 15) is 19.2 Å². The molecule has 2 aromatic heterocycles. The fourth-order valence-corrected chi connectivity index (χ4v) is 4.01. The Balaban J connectivity index is 1.72. The van der Waals surface area contributed by atoms with Gasteiger partial charge in [0.15, 0.2) is 6.61 Å². The second-order valence-corrected chi connectivity index (χ2v) is 7.58. The second kappa shape index (κ2) is 7.47. The van der Waals surface area contributed by atoms with Gasteiger partial charge in [-0.2, -0.15) is 0 Å². The quantitative estimate of drug-likeness (QED) is 0.752. The Hall–Kier alpha value is -2.75. The number of ether oxygens (including phenoxy) is 1. The van der Waals surface area contributed by atoms with Gasteiger partial charge in [0.05, 0.1) is 5.39 Å². The van der Waals surface area contributed by atoms with Crippen molar-refractivity contribution in [3.05, 3.63) is 26.6 Å². The van der Waals surface area contributed by atoms with Crippen LogP contribution in [0.4, 0.5) is 4.79 Å². The molecule has 0 bridgehead atoms. The lowest BCUT2D eigenvalue weighted by Crippen LogP contribution is -2.44. The smallest absolute Gasteiger partial charge is 0.349 e. The number of hydrogen-bond donors (Lipinski definition) is 2. The molecule has 0 saturated carbocycles. The van der Waals surface area contributed by atoms with Gasteiger partial charge in [-0.25, -0.2) is 14.6 Å². The van der Waals surface area contributed by atoms with Gasteiger partial charge in [0.2, 0.25) is 0 Å². The summed E-state index contributed by atoms with van der Waals surface area (Å²) < 4.78 is 6.63. The summed E-state index contributed by atoms with van der Waals surface area (Å²) in [6.45, 7) is 5.20. The van der Waals surface area contributed by atoms with E-state index in [4.69, 9.17) is 4.74 Å². The van der Waals surface area contributed by atoms with E-state index in [1.807, 2.05) is 0 Å². The fourth-order valence-electron chi connectivity index (χ4n) is 2.93. The lowest BCUT2D eigenvalue weighted by molar-refractivity contribution is -0.123. The zero-order valence-corrected chi connectivity index (χ0v) is 16.1. The molecular weight excluding hydrogens is 372 g/mol. The number of aromatic nitrogens is 2. The molecule has 0 fully saturated rings. The highest BCUT2D eigenvalue weighted by Gasteiger charge is 2.24. The van der Waals surface area contributed by atoms with Crippen LogP contribution < -0.4 is 16.2 Å². The van der Waals surface area contributed by atoms with Crippen LogP contribution in [0.15, 0.2) is 4.79 Å². The third-order valence-corrected chi connectivity index (χ3v) is 5.27. The number of fused-ring (bicyclic) bond motifs is 2. The van der Waals surface area contributed by atoms with E-state index in [1.165, 1.54) is 0 Å². The van der Waals surface area contributed by atoms with Crippen molar-refractivity contribution in [2.75, 3.05) is 6.61 Å². The Kier molecular flexibility index (Phi) is 5.26. The zero-order valence-electron chi connectivity index (χ0n) is 15.2. The van der Waals surface area contributed by atoms with Gasteiger partial charge in [0, 0.05) is 19.0 Å². The normalized spacial score (nSPS) is 12.9. The molecule has 3 amide bonds. The Bertz CT molecular complexity index is 991.